The molecular weight excluding hydrogens is 168 g/mol. The Morgan fingerprint density at radius 3 is 2.92 bits per heavy atom. The zero-order valence-electron chi connectivity index (χ0n) is 7.79. The minimum Gasteiger partial charge on any atom is -0.468 e. The molecule has 2 fully saturated rings. The van der Waals surface area contributed by atoms with Gasteiger partial charge in [0.1, 0.15) is 11.7 Å². The Morgan fingerprint density at radius 1 is 1.46 bits per heavy atom. The lowest BCUT2D eigenvalue weighted by molar-refractivity contribution is -0.149. The summed E-state index contributed by atoms with van der Waals surface area (Å²) >= 11 is 0. The Kier molecular flexibility index (Phi) is 2.10. The number of methoxy groups -OCH3 is 1. The average molecular weight is 182 g/mol. The van der Waals surface area contributed by atoms with Crippen molar-refractivity contribution in [3.05, 3.63) is 0 Å². The van der Waals surface area contributed by atoms with E-state index >= 15 is 0 Å². The molecule has 2 rings (SSSR count). The maximum absolute atomic E-state index is 11.5. The van der Waals surface area contributed by atoms with Crippen molar-refractivity contribution in [1.82, 2.24) is 0 Å². The van der Waals surface area contributed by atoms with Crippen molar-refractivity contribution in [2.24, 2.45) is 17.8 Å². The number of ether oxygens (including phenoxy) is 1. The normalized spacial score (nSPS) is 37.6. The first-order valence-corrected chi connectivity index (χ1v) is 4.84. The molecule has 0 radical (unpaired) electrons. The average Bonchev–Trinajstić information content (AvgIpc) is 2.62. The van der Waals surface area contributed by atoms with Gasteiger partial charge in [-0.3, -0.25) is 9.59 Å². The molecule has 3 nitrogen and oxygen atoms in total. The highest BCUT2D eigenvalue weighted by Gasteiger charge is 2.48. The van der Waals surface area contributed by atoms with Gasteiger partial charge < -0.3 is 4.74 Å². The summed E-state index contributed by atoms with van der Waals surface area (Å²) in [5.41, 5.74) is 0. The summed E-state index contributed by atoms with van der Waals surface area (Å²) in [7, 11) is 1.36. The third-order valence-corrected chi connectivity index (χ3v) is 3.41. The first-order valence-electron chi connectivity index (χ1n) is 4.84. The largest absolute Gasteiger partial charge is 0.468 e. The van der Waals surface area contributed by atoms with Gasteiger partial charge in [-0.15, -0.1) is 0 Å². The number of Topliss-reactive ketones (excluding diaryl/α,β-unsaturated/α-hetero) is 1. The first-order chi connectivity index (χ1) is 6.24. The number of fused-ring (bicyclic) bond motifs is 1. The number of carbonyl (C=O) groups is 2. The van der Waals surface area contributed by atoms with Gasteiger partial charge in [-0.2, -0.15) is 0 Å². The van der Waals surface area contributed by atoms with Gasteiger partial charge in [0.25, 0.3) is 0 Å². The quantitative estimate of drug-likeness (QED) is 0.451. The summed E-state index contributed by atoms with van der Waals surface area (Å²) in [6.07, 6.45) is 3.90. The fraction of sp³-hybridized carbons (Fsp3) is 0.800. The number of ketones is 1. The van der Waals surface area contributed by atoms with Crippen LogP contribution in [0.15, 0.2) is 0 Å². The molecule has 0 aromatic rings. The van der Waals surface area contributed by atoms with E-state index in [1.807, 2.05) is 0 Å². The van der Waals surface area contributed by atoms with Crippen LogP contribution in [-0.4, -0.2) is 18.9 Å². The molecule has 0 N–H and O–H groups in total. The zero-order chi connectivity index (χ0) is 9.42. The van der Waals surface area contributed by atoms with Crippen molar-refractivity contribution in [3.63, 3.8) is 0 Å². The van der Waals surface area contributed by atoms with Crippen LogP contribution < -0.4 is 0 Å². The van der Waals surface area contributed by atoms with E-state index in [2.05, 4.69) is 4.74 Å². The number of hydrogen-bond donors (Lipinski definition) is 0. The van der Waals surface area contributed by atoms with Gasteiger partial charge in [-0.1, -0.05) is 6.42 Å². The van der Waals surface area contributed by atoms with Crippen LogP contribution in [0.1, 0.15) is 25.7 Å². The molecule has 0 aliphatic heterocycles. The topological polar surface area (TPSA) is 43.4 Å². The van der Waals surface area contributed by atoms with Gasteiger partial charge in [0.15, 0.2) is 0 Å². The molecule has 72 valence electrons. The van der Waals surface area contributed by atoms with Gasteiger partial charge in [0, 0.05) is 6.42 Å². The summed E-state index contributed by atoms with van der Waals surface area (Å²) in [5.74, 6) is 0.106. The lowest BCUT2D eigenvalue weighted by atomic mass is 9.92. The highest BCUT2D eigenvalue weighted by Crippen LogP contribution is 2.45. The number of hydrogen-bond acceptors (Lipinski definition) is 3. The Labute approximate surface area is 77.4 Å². The number of carbonyl (C=O) groups excluding carboxylic acids is 2. The van der Waals surface area contributed by atoms with Crippen LogP contribution in [0.5, 0.6) is 0 Å². The molecule has 0 spiro atoms. The van der Waals surface area contributed by atoms with E-state index in [0.717, 1.165) is 19.3 Å². The maximum atomic E-state index is 11.5. The third kappa shape index (κ3) is 1.26. The van der Waals surface area contributed by atoms with Crippen molar-refractivity contribution < 1.29 is 14.3 Å². The van der Waals surface area contributed by atoms with Crippen LogP contribution in [0.4, 0.5) is 0 Å². The Hall–Kier alpha value is -0.860. The molecular formula is C10H14O3. The maximum Gasteiger partial charge on any atom is 0.316 e. The van der Waals surface area contributed by atoms with Gasteiger partial charge >= 0.3 is 5.97 Å². The van der Waals surface area contributed by atoms with E-state index in [1.54, 1.807) is 0 Å². The second-order valence-electron chi connectivity index (χ2n) is 4.03. The summed E-state index contributed by atoms with van der Waals surface area (Å²) in [6, 6.07) is 0. The van der Waals surface area contributed by atoms with Crippen molar-refractivity contribution in [1.29, 1.82) is 0 Å². The molecule has 0 aromatic heterocycles. The fourth-order valence-electron chi connectivity index (χ4n) is 2.82. The molecule has 0 heterocycles. The summed E-state index contributed by atoms with van der Waals surface area (Å²) in [5, 5.41) is 0. The Bertz CT molecular complexity index is 239. The van der Waals surface area contributed by atoms with Crippen LogP contribution in [0.2, 0.25) is 0 Å². The lowest BCUT2D eigenvalue weighted by Crippen LogP contribution is -2.26. The van der Waals surface area contributed by atoms with E-state index in [0.29, 0.717) is 18.3 Å². The molecule has 0 saturated heterocycles. The van der Waals surface area contributed by atoms with E-state index in [-0.39, 0.29) is 11.8 Å². The second-order valence-corrected chi connectivity index (χ2v) is 4.03. The first kappa shape index (κ1) is 8.73. The van der Waals surface area contributed by atoms with Crippen LogP contribution in [0, 0.1) is 17.8 Å². The zero-order valence-corrected chi connectivity index (χ0v) is 7.79. The molecule has 0 amide bonds. The van der Waals surface area contributed by atoms with Crippen LogP contribution >= 0.6 is 0 Å². The van der Waals surface area contributed by atoms with Crippen LogP contribution in [0.25, 0.3) is 0 Å². The van der Waals surface area contributed by atoms with Gasteiger partial charge in [-0.25, -0.2) is 0 Å². The monoisotopic (exact) mass is 182 g/mol. The van der Waals surface area contributed by atoms with Crippen molar-refractivity contribution in [2.75, 3.05) is 7.11 Å². The minimum absolute atomic E-state index is 0.0987. The molecule has 13 heavy (non-hydrogen) atoms. The van der Waals surface area contributed by atoms with Gasteiger partial charge in [0.2, 0.25) is 0 Å². The molecule has 2 aliphatic carbocycles. The van der Waals surface area contributed by atoms with E-state index in [9.17, 15) is 9.59 Å². The molecule has 0 aromatic carbocycles. The number of esters is 1. The Balaban J connectivity index is 2.16. The lowest BCUT2D eigenvalue weighted by Gasteiger charge is -2.13. The van der Waals surface area contributed by atoms with Gasteiger partial charge in [-0.05, 0) is 24.7 Å². The molecule has 3 heteroatoms. The molecule has 3 atom stereocenters. The number of rotatable bonds is 1. The molecule has 2 unspecified atom stereocenters. The smallest absolute Gasteiger partial charge is 0.316 e. The SMILES string of the molecule is COC(=O)[C@H]1C(=O)CC2CCCC21. The van der Waals surface area contributed by atoms with E-state index < -0.39 is 5.92 Å². The summed E-state index contributed by atoms with van der Waals surface area (Å²) in [6.45, 7) is 0. The van der Waals surface area contributed by atoms with Crippen molar-refractivity contribution >= 4 is 11.8 Å². The van der Waals surface area contributed by atoms with Crippen LogP contribution in [0.3, 0.4) is 0 Å². The molecule has 0 bridgehead atoms. The van der Waals surface area contributed by atoms with Crippen molar-refractivity contribution in [2.45, 2.75) is 25.7 Å². The highest BCUT2D eigenvalue weighted by molar-refractivity contribution is 6.01. The fourth-order valence-corrected chi connectivity index (χ4v) is 2.82. The molecule has 2 saturated carbocycles. The minimum atomic E-state index is -0.433. The Morgan fingerprint density at radius 2 is 2.23 bits per heavy atom. The van der Waals surface area contributed by atoms with E-state index in [4.69, 9.17) is 0 Å². The summed E-state index contributed by atoms with van der Waals surface area (Å²) in [4.78, 5) is 22.8. The second kappa shape index (κ2) is 3.13. The highest BCUT2D eigenvalue weighted by atomic mass is 16.5. The predicted octanol–water partition coefficient (Wildman–Crippen LogP) is 1.16. The van der Waals surface area contributed by atoms with E-state index in [1.165, 1.54) is 7.11 Å². The van der Waals surface area contributed by atoms with Crippen molar-refractivity contribution in [3.8, 4) is 0 Å². The molecule has 2 aliphatic rings. The summed E-state index contributed by atoms with van der Waals surface area (Å²) < 4.78 is 4.65. The van der Waals surface area contributed by atoms with Crippen LogP contribution in [-0.2, 0) is 14.3 Å². The standard InChI is InChI=1S/C10H14O3/c1-13-10(12)9-7-4-2-3-6(7)5-8(9)11/h6-7,9H,2-5H2,1H3/t6?,7?,9-/m1/s1. The van der Waals surface area contributed by atoms with Gasteiger partial charge in [0.05, 0.1) is 7.11 Å². The third-order valence-electron chi connectivity index (χ3n) is 3.41. The predicted molar refractivity (Wildman–Crippen MR) is 46.0 cm³/mol.